The smallest absolute Gasteiger partial charge is 0.212 e. The third-order valence-corrected chi connectivity index (χ3v) is 2.68. The number of hydrogen-bond donors (Lipinski definition) is 0. The van der Waals surface area contributed by atoms with Gasteiger partial charge in [-0.05, 0) is 25.1 Å². The number of nitrogens with zero attached hydrogens (tertiary/aromatic N) is 1. The van der Waals surface area contributed by atoms with Gasteiger partial charge in [-0.25, -0.2) is 0 Å². The molecule has 1 aromatic heterocycles. The van der Waals surface area contributed by atoms with Crippen LogP contribution in [-0.2, 0) is 6.54 Å². The first-order valence-electron chi connectivity index (χ1n) is 5.32. The lowest BCUT2D eigenvalue weighted by Gasteiger charge is -2.01. The Labute approximate surface area is 107 Å². The molecule has 0 amide bonds. The fourth-order valence-corrected chi connectivity index (χ4v) is 1.82. The third-order valence-electron chi connectivity index (χ3n) is 2.68. The number of aryl methyl sites for hydroxylation is 1. The van der Waals surface area contributed by atoms with E-state index in [0.29, 0.717) is 0 Å². The van der Waals surface area contributed by atoms with Gasteiger partial charge in [0.1, 0.15) is 0 Å². The van der Waals surface area contributed by atoms with E-state index in [1.807, 2.05) is 0 Å². The maximum absolute atomic E-state index is 2.33. The summed E-state index contributed by atoms with van der Waals surface area (Å²) in [6.45, 7) is 5.15. The van der Waals surface area contributed by atoms with E-state index in [1.54, 1.807) is 0 Å². The van der Waals surface area contributed by atoms with Gasteiger partial charge in [0.05, 0.1) is 0 Å². The minimum atomic E-state index is 0. The average molecular weight is 278 g/mol. The van der Waals surface area contributed by atoms with Crippen molar-refractivity contribution in [2.24, 2.45) is 0 Å². The van der Waals surface area contributed by atoms with Crippen molar-refractivity contribution in [1.82, 2.24) is 0 Å². The maximum atomic E-state index is 2.33. The van der Waals surface area contributed by atoms with Crippen molar-refractivity contribution < 1.29 is 21.5 Å². The Hall–Kier alpha value is -1.15. The largest absolute Gasteiger partial charge is 1.00 e. The zero-order valence-electron chi connectivity index (χ0n) is 9.65. The molecule has 0 aliphatic carbocycles. The highest BCUT2D eigenvalue weighted by atomic mass is 79.9. The highest BCUT2D eigenvalue weighted by molar-refractivity contribution is 5.75. The second kappa shape index (κ2) is 5.80. The number of rotatable bonds is 2. The van der Waals surface area contributed by atoms with Crippen LogP contribution in [0.3, 0.4) is 0 Å². The monoisotopic (exact) mass is 277 g/mol. The van der Waals surface area contributed by atoms with Crippen LogP contribution >= 0.6 is 0 Å². The van der Waals surface area contributed by atoms with Crippen LogP contribution in [0.15, 0.2) is 48.6 Å². The first kappa shape index (κ1) is 12.9. The lowest BCUT2D eigenvalue weighted by atomic mass is 10.2. The van der Waals surface area contributed by atoms with E-state index in [4.69, 9.17) is 0 Å². The SMILES string of the molecule is CC=CC[n+]1c(C)ccc2ccccc21.[Br-]. The van der Waals surface area contributed by atoms with Gasteiger partial charge in [-0.2, -0.15) is 4.57 Å². The molecule has 0 spiro atoms. The Bertz CT molecular complexity index is 503. The fraction of sp³-hybridized carbons (Fsp3) is 0.214. The number of halogens is 1. The maximum Gasteiger partial charge on any atom is 0.212 e. The van der Waals surface area contributed by atoms with Crippen molar-refractivity contribution in [3.8, 4) is 0 Å². The Morgan fingerprint density at radius 1 is 1.12 bits per heavy atom. The lowest BCUT2D eigenvalue weighted by molar-refractivity contribution is -0.667. The molecule has 0 fully saturated rings. The number of benzene rings is 1. The first-order chi connectivity index (χ1) is 7.33. The number of para-hydroxylation sites is 1. The van der Waals surface area contributed by atoms with E-state index in [-0.39, 0.29) is 17.0 Å². The molecule has 0 atom stereocenters. The highest BCUT2D eigenvalue weighted by Gasteiger charge is 2.09. The molecule has 0 aliphatic rings. The molecule has 1 aromatic carbocycles. The van der Waals surface area contributed by atoms with Gasteiger partial charge < -0.3 is 17.0 Å². The molecule has 84 valence electrons. The van der Waals surface area contributed by atoms with Crippen molar-refractivity contribution in [3.05, 3.63) is 54.2 Å². The van der Waals surface area contributed by atoms with E-state index in [2.05, 4.69) is 67.0 Å². The van der Waals surface area contributed by atoms with Crippen LogP contribution in [-0.4, -0.2) is 0 Å². The van der Waals surface area contributed by atoms with Crippen molar-refractivity contribution in [1.29, 1.82) is 0 Å². The average Bonchev–Trinajstić information content (AvgIpc) is 2.28. The summed E-state index contributed by atoms with van der Waals surface area (Å²) in [6.07, 6.45) is 4.27. The van der Waals surface area contributed by atoms with Crippen LogP contribution in [0.5, 0.6) is 0 Å². The van der Waals surface area contributed by atoms with Crippen LogP contribution in [0.1, 0.15) is 12.6 Å². The van der Waals surface area contributed by atoms with Gasteiger partial charge in [0.2, 0.25) is 5.52 Å². The zero-order chi connectivity index (χ0) is 10.7. The minimum Gasteiger partial charge on any atom is -1.00 e. The summed E-state index contributed by atoms with van der Waals surface area (Å²) >= 11 is 0. The van der Waals surface area contributed by atoms with E-state index < -0.39 is 0 Å². The van der Waals surface area contributed by atoms with Gasteiger partial charge in [-0.3, -0.25) is 0 Å². The number of fused-ring (bicyclic) bond motifs is 1. The summed E-state index contributed by atoms with van der Waals surface area (Å²) in [7, 11) is 0. The number of pyridine rings is 1. The Morgan fingerprint density at radius 3 is 2.62 bits per heavy atom. The normalized spacial score (nSPS) is 10.6. The molecule has 0 N–H and O–H groups in total. The molecule has 2 heteroatoms. The lowest BCUT2D eigenvalue weighted by Crippen LogP contribution is -3.00. The molecule has 16 heavy (non-hydrogen) atoms. The molecule has 0 saturated heterocycles. The number of aromatic nitrogens is 1. The molecule has 0 aliphatic heterocycles. The van der Waals surface area contributed by atoms with Crippen molar-refractivity contribution in [3.63, 3.8) is 0 Å². The van der Waals surface area contributed by atoms with E-state index >= 15 is 0 Å². The molecular weight excluding hydrogens is 262 g/mol. The van der Waals surface area contributed by atoms with Crippen molar-refractivity contribution in [2.75, 3.05) is 0 Å². The van der Waals surface area contributed by atoms with Crippen LogP contribution in [0.4, 0.5) is 0 Å². The summed E-state index contributed by atoms with van der Waals surface area (Å²) < 4.78 is 2.33. The topological polar surface area (TPSA) is 3.88 Å². The van der Waals surface area contributed by atoms with Gasteiger partial charge >= 0.3 is 0 Å². The Balaban J connectivity index is 0.00000128. The Morgan fingerprint density at radius 2 is 1.88 bits per heavy atom. The predicted octanol–water partition coefficient (Wildman–Crippen LogP) is 0.0158. The molecular formula is C14H16BrN. The molecule has 2 aromatic rings. The molecule has 1 nitrogen and oxygen atoms in total. The van der Waals surface area contributed by atoms with E-state index in [0.717, 1.165) is 6.54 Å². The van der Waals surface area contributed by atoms with Crippen LogP contribution in [0, 0.1) is 6.92 Å². The number of allylic oxidation sites excluding steroid dienone is 2. The van der Waals surface area contributed by atoms with Crippen LogP contribution in [0.2, 0.25) is 0 Å². The quantitative estimate of drug-likeness (QED) is 0.538. The van der Waals surface area contributed by atoms with E-state index in [9.17, 15) is 0 Å². The highest BCUT2D eigenvalue weighted by Crippen LogP contribution is 2.09. The molecule has 0 unspecified atom stereocenters. The standard InChI is InChI=1S/C14H16N.BrH/c1-3-4-11-15-12(2)9-10-13-7-5-6-8-14(13)15;/h3-10H,11H2,1-2H3;1H/q+1;/p-1. The third kappa shape index (κ3) is 2.50. The van der Waals surface area contributed by atoms with Gasteiger partial charge in [0.25, 0.3) is 0 Å². The molecule has 1 heterocycles. The van der Waals surface area contributed by atoms with Crippen LogP contribution in [0.25, 0.3) is 10.9 Å². The van der Waals surface area contributed by atoms with Crippen molar-refractivity contribution in [2.45, 2.75) is 20.4 Å². The van der Waals surface area contributed by atoms with Gasteiger partial charge in [-0.1, -0.05) is 18.2 Å². The zero-order valence-corrected chi connectivity index (χ0v) is 11.2. The second-order valence-corrected chi connectivity index (χ2v) is 3.71. The summed E-state index contributed by atoms with van der Waals surface area (Å²) in [6, 6.07) is 12.8. The molecule has 0 saturated carbocycles. The molecule has 0 radical (unpaired) electrons. The van der Waals surface area contributed by atoms with Crippen LogP contribution < -0.4 is 21.5 Å². The van der Waals surface area contributed by atoms with Gasteiger partial charge in [0.15, 0.2) is 12.2 Å². The first-order valence-corrected chi connectivity index (χ1v) is 5.32. The molecule has 0 bridgehead atoms. The predicted molar refractivity (Wildman–Crippen MR) is 63.7 cm³/mol. The van der Waals surface area contributed by atoms with E-state index in [1.165, 1.54) is 16.6 Å². The number of hydrogen-bond acceptors (Lipinski definition) is 0. The van der Waals surface area contributed by atoms with Crippen molar-refractivity contribution >= 4 is 10.9 Å². The fourth-order valence-electron chi connectivity index (χ4n) is 1.82. The summed E-state index contributed by atoms with van der Waals surface area (Å²) in [5.74, 6) is 0. The summed E-state index contributed by atoms with van der Waals surface area (Å²) in [5, 5.41) is 1.30. The van der Waals surface area contributed by atoms with Gasteiger partial charge in [-0.15, -0.1) is 0 Å². The van der Waals surface area contributed by atoms with Gasteiger partial charge in [0, 0.05) is 24.4 Å². The Kier molecular flexibility index (Phi) is 4.69. The second-order valence-electron chi connectivity index (χ2n) is 3.71. The molecule has 2 rings (SSSR count). The summed E-state index contributed by atoms with van der Waals surface area (Å²) in [5.41, 5.74) is 2.60. The minimum absolute atomic E-state index is 0. The summed E-state index contributed by atoms with van der Waals surface area (Å²) in [4.78, 5) is 0.